The van der Waals surface area contributed by atoms with E-state index in [1.165, 1.54) is 27.1 Å². The summed E-state index contributed by atoms with van der Waals surface area (Å²) in [5.41, 5.74) is 6.90. The van der Waals surface area contributed by atoms with Crippen LogP contribution in [-0.4, -0.2) is 56.6 Å². The first-order valence-electron chi connectivity index (χ1n) is 27.4. The first-order chi connectivity index (χ1) is 39.6. The number of nitrogens with zero attached hydrogens (tertiary/aromatic N) is 4. The number of benzene rings is 7. The van der Waals surface area contributed by atoms with E-state index in [2.05, 4.69) is 142 Å². The van der Waals surface area contributed by atoms with Gasteiger partial charge in [-0.05, 0) is 163 Å². The summed E-state index contributed by atoms with van der Waals surface area (Å²) in [4.78, 5) is 41.7. The van der Waals surface area contributed by atoms with Gasteiger partial charge >= 0.3 is 5.97 Å². The fraction of sp³-hybridized carbons (Fsp3) is 0.239. The molecule has 0 aliphatic heterocycles. The Kier molecular flexibility index (Phi) is 21.1. The van der Waals surface area contributed by atoms with E-state index in [1.54, 1.807) is 26.0 Å². The fourth-order valence-electron chi connectivity index (χ4n) is 9.54. The third-order valence-electron chi connectivity index (χ3n) is 13.9. The average Bonchev–Trinajstić information content (AvgIpc) is 4.10. The van der Waals surface area contributed by atoms with Crippen LogP contribution >= 0.6 is 30.5 Å². The number of aromatic nitrogens is 4. The molecule has 2 aromatic heterocycles. The summed E-state index contributed by atoms with van der Waals surface area (Å²) in [7, 11) is -1.99. The van der Waals surface area contributed by atoms with Gasteiger partial charge in [0.25, 0.3) is 11.8 Å². The number of halogens is 3. The first-order valence-corrected chi connectivity index (χ1v) is 30.1. The van der Waals surface area contributed by atoms with Gasteiger partial charge in [-0.1, -0.05) is 124 Å². The second-order valence-corrected chi connectivity index (χ2v) is 25.0. The number of carbonyl (C=O) groups excluding carboxylic acids is 3. The van der Waals surface area contributed by atoms with E-state index in [4.69, 9.17) is 46.5 Å². The summed E-state index contributed by atoms with van der Waals surface area (Å²) in [5, 5.41) is 13.4. The van der Waals surface area contributed by atoms with Crippen molar-refractivity contribution >= 4 is 70.0 Å². The SMILES string of the molecule is CC(=O)C1CC(=Cc2ccc(-c3nc(-c4ccc(OC(C)C)c(Cl)c4)no3)cc2)C1.CC(C)Oc1ccc(-c2noc(-c3ccc(C[P+](c4ccccc4)(c4ccccc4)c4ccccc4)cc3)n2)cc1Cl.CCOC(=O)C1CC(=O)C1.[Cl-]. The smallest absolute Gasteiger partial charge is 0.309 e. The Morgan fingerprint density at radius 2 is 1.01 bits per heavy atom. The molecule has 16 heteroatoms. The van der Waals surface area contributed by atoms with Crippen LogP contribution in [-0.2, 0) is 25.3 Å². The van der Waals surface area contributed by atoms with Crippen LogP contribution < -0.4 is 37.8 Å². The summed E-state index contributed by atoms with van der Waals surface area (Å²) >= 11 is 12.8. The molecule has 9 aromatic rings. The lowest BCUT2D eigenvalue weighted by Gasteiger charge is -2.27. The molecular formula is C67H64Cl3N4O8P. The maximum absolute atomic E-state index is 11.3. The third-order valence-corrected chi connectivity index (χ3v) is 18.8. The van der Waals surface area contributed by atoms with Gasteiger partial charge < -0.3 is 35.7 Å². The molecular weight excluding hydrogens is 1130 g/mol. The second kappa shape index (κ2) is 28.5. The Morgan fingerprint density at radius 3 is 1.40 bits per heavy atom. The molecule has 0 saturated heterocycles. The van der Waals surface area contributed by atoms with Gasteiger partial charge in [0.2, 0.25) is 11.6 Å². The zero-order valence-corrected chi connectivity index (χ0v) is 50.2. The molecule has 0 N–H and O–H groups in total. The number of ketones is 2. The minimum atomic E-state index is -1.99. The van der Waals surface area contributed by atoms with E-state index in [-0.39, 0.29) is 54.0 Å². The molecule has 0 unspecified atom stereocenters. The van der Waals surface area contributed by atoms with Gasteiger partial charge in [-0.3, -0.25) is 14.4 Å². The number of carbonyl (C=O) groups is 3. The predicted octanol–water partition coefficient (Wildman–Crippen LogP) is 12.1. The topological polar surface area (TPSA) is 157 Å². The highest BCUT2D eigenvalue weighted by Gasteiger charge is 2.45. The summed E-state index contributed by atoms with van der Waals surface area (Å²) in [6, 6.07) is 60.2. The van der Waals surface area contributed by atoms with Gasteiger partial charge in [0, 0.05) is 41.0 Å². The number of Topliss-reactive ketones (excluding diaryl/α,β-unsaturated/α-hetero) is 2. The van der Waals surface area contributed by atoms with Crippen LogP contribution in [0, 0.1) is 11.8 Å². The molecule has 0 atom stereocenters. The van der Waals surface area contributed by atoms with Gasteiger partial charge in [0.05, 0.1) is 40.9 Å². The maximum Gasteiger partial charge on any atom is 0.309 e. The highest BCUT2D eigenvalue weighted by Crippen LogP contribution is 2.58. The number of rotatable bonds is 17. The molecule has 7 aromatic carbocycles. The summed E-state index contributed by atoms with van der Waals surface area (Å²) in [6.07, 6.45) is 5.63. The Labute approximate surface area is 501 Å². The molecule has 12 nitrogen and oxygen atoms in total. The zero-order chi connectivity index (χ0) is 57.8. The molecule has 426 valence electrons. The quantitative estimate of drug-likeness (QED) is 0.0629. The monoisotopic (exact) mass is 1190 g/mol. The lowest BCUT2D eigenvalue weighted by atomic mass is 9.77. The van der Waals surface area contributed by atoms with Crippen LogP contribution in [0.25, 0.3) is 51.8 Å². The lowest BCUT2D eigenvalue weighted by molar-refractivity contribution is -0.155. The number of ether oxygens (including phenoxy) is 3. The average molecular weight is 1190 g/mol. The van der Waals surface area contributed by atoms with Gasteiger partial charge in [0.15, 0.2) is 0 Å². The second-order valence-electron chi connectivity index (χ2n) is 20.7. The normalized spacial score (nSPS) is 13.7. The molecule has 11 rings (SSSR count). The van der Waals surface area contributed by atoms with E-state index < -0.39 is 7.26 Å². The maximum atomic E-state index is 11.3. The van der Waals surface area contributed by atoms with E-state index in [0.29, 0.717) is 64.4 Å². The van der Waals surface area contributed by atoms with Crippen molar-refractivity contribution in [3.63, 3.8) is 0 Å². The highest BCUT2D eigenvalue weighted by atomic mass is 35.5. The molecule has 2 aliphatic carbocycles. The van der Waals surface area contributed by atoms with E-state index in [9.17, 15) is 14.4 Å². The van der Waals surface area contributed by atoms with E-state index in [0.717, 1.165) is 46.8 Å². The standard InChI is InChI=1S/C36H31ClN2O2P.C24H23ClN2O3.C7H10O3.ClH/c1-26(2)40-34-23-22-29(24-33(34)37)35-38-36(41-39-35)28-20-18-27(19-21-28)25-42(30-12-6-3-7-13-30,31-14-8-4-9-15-31)32-16-10-5-11-17-32;1-14(2)29-22-9-8-19(13-21(22)25)23-26-24(30-27-23)18-6-4-16(5-7-18)10-17-11-20(12-17)15(3)28;1-2-10-7(9)5-3-6(8)4-5;/h3-24,26H,25H2,1-2H3;4-10,13-14,20H,11-12H2,1-3H3;5H,2-4H2,1H3;1H/q+1;;;/p-1. The first kappa shape index (κ1) is 61.3. The number of hydrogen-bond donors (Lipinski definition) is 0. The minimum Gasteiger partial charge on any atom is -1.00 e. The number of allylic oxidation sites excluding steroid dienone is 1. The molecule has 2 heterocycles. The van der Waals surface area contributed by atoms with Gasteiger partial charge in [-0.25, -0.2) is 0 Å². The van der Waals surface area contributed by atoms with Crippen molar-refractivity contribution in [1.82, 2.24) is 20.3 Å². The van der Waals surface area contributed by atoms with Gasteiger partial charge in [0.1, 0.15) is 46.2 Å². The molecule has 0 amide bonds. The zero-order valence-electron chi connectivity index (χ0n) is 47.0. The van der Waals surface area contributed by atoms with Crippen molar-refractivity contribution < 1.29 is 50.0 Å². The minimum absolute atomic E-state index is 0. The van der Waals surface area contributed by atoms with Crippen LogP contribution in [0.4, 0.5) is 0 Å². The Balaban J connectivity index is 0.000000191. The van der Waals surface area contributed by atoms with E-state index >= 15 is 0 Å². The predicted molar refractivity (Wildman–Crippen MR) is 326 cm³/mol. The van der Waals surface area contributed by atoms with Crippen LogP contribution in [0.2, 0.25) is 10.0 Å². The summed E-state index contributed by atoms with van der Waals surface area (Å²) in [5.74, 6) is 3.42. The lowest BCUT2D eigenvalue weighted by Crippen LogP contribution is -3.00. The third kappa shape index (κ3) is 15.5. The highest BCUT2D eigenvalue weighted by molar-refractivity contribution is 7.95. The Morgan fingerprint density at radius 1 is 0.590 bits per heavy atom. The molecule has 0 bridgehead atoms. The Hall–Kier alpha value is -7.73. The molecule has 2 saturated carbocycles. The van der Waals surface area contributed by atoms with Gasteiger partial charge in [-0.2, -0.15) is 9.97 Å². The number of hydrogen-bond acceptors (Lipinski definition) is 12. The van der Waals surface area contributed by atoms with Crippen molar-refractivity contribution in [2.24, 2.45) is 11.8 Å². The van der Waals surface area contributed by atoms with E-state index in [1.807, 2.05) is 76.2 Å². The van der Waals surface area contributed by atoms with Crippen LogP contribution in [0.15, 0.2) is 191 Å². The largest absolute Gasteiger partial charge is 1.00 e. The van der Waals surface area contributed by atoms with Crippen LogP contribution in [0.5, 0.6) is 11.5 Å². The molecule has 0 radical (unpaired) electrons. The number of esters is 1. The van der Waals surface area contributed by atoms with Crippen molar-refractivity contribution in [2.45, 2.75) is 85.6 Å². The van der Waals surface area contributed by atoms with Crippen molar-refractivity contribution in [3.8, 4) is 57.2 Å². The van der Waals surface area contributed by atoms with Crippen LogP contribution in [0.1, 0.15) is 78.4 Å². The molecule has 0 spiro atoms. The molecule has 2 aliphatic rings. The summed E-state index contributed by atoms with van der Waals surface area (Å²) in [6.45, 7) is 11.7. The van der Waals surface area contributed by atoms with Crippen molar-refractivity contribution in [3.05, 3.63) is 203 Å². The fourth-order valence-corrected chi connectivity index (χ4v) is 14.2. The van der Waals surface area contributed by atoms with Crippen molar-refractivity contribution in [2.75, 3.05) is 6.61 Å². The van der Waals surface area contributed by atoms with Gasteiger partial charge in [-0.15, -0.1) is 0 Å². The van der Waals surface area contributed by atoms with Crippen LogP contribution in [0.3, 0.4) is 0 Å². The summed E-state index contributed by atoms with van der Waals surface area (Å²) < 4.78 is 27.2. The molecule has 2 fully saturated rings. The van der Waals surface area contributed by atoms with Crippen molar-refractivity contribution in [1.29, 1.82) is 0 Å². The Bertz CT molecular complexity index is 3540. The molecule has 83 heavy (non-hydrogen) atoms.